The maximum absolute atomic E-state index is 12.4. The Morgan fingerprint density at radius 1 is 1.19 bits per heavy atom. The summed E-state index contributed by atoms with van der Waals surface area (Å²) in [6, 6.07) is 17.4. The smallest absolute Gasteiger partial charge is 0.261 e. The molecule has 0 saturated carbocycles. The van der Waals surface area contributed by atoms with Gasteiger partial charge in [-0.3, -0.25) is 4.79 Å². The van der Waals surface area contributed by atoms with E-state index in [0.29, 0.717) is 22.9 Å². The lowest BCUT2D eigenvalue weighted by atomic mass is 10.2. The number of fused-ring (bicyclic) bond motifs is 1. The molecule has 26 heavy (non-hydrogen) atoms. The van der Waals surface area contributed by atoms with Crippen molar-refractivity contribution in [3.8, 4) is 11.4 Å². The monoisotopic (exact) mass is 364 g/mol. The second-order valence-corrected chi connectivity index (χ2v) is 6.74. The van der Waals surface area contributed by atoms with E-state index in [1.165, 1.54) is 11.3 Å². The molecule has 0 aliphatic rings. The summed E-state index contributed by atoms with van der Waals surface area (Å²) in [4.78, 5) is 13.1. The van der Waals surface area contributed by atoms with E-state index in [9.17, 15) is 4.79 Å². The lowest BCUT2D eigenvalue weighted by molar-refractivity contribution is 0.0954. The molecular weight excluding hydrogens is 348 g/mol. The summed E-state index contributed by atoms with van der Waals surface area (Å²) in [5.41, 5.74) is 1.47. The van der Waals surface area contributed by atoms with Gasteiger partial charge < -0.3 is 10.1 Å². The molecule has 0 saturated heterocycles. The van der Waals surface area contributed by atoms with Crippen molar-refractivity contribution >= 4 is 27.3 Å². The Labute approximate surface area is 154 Å². The molecule has 0 fully saturated rings. The van der Waals surface area contributed by atoms with Crippen LogP contribution in [0.3, 0.4) is 0 Å². The molecule has 1 N–H and O–H groups in total. The molecule has 2 aromatic carbocycles. The third-order valence-corrected chi connectivity index (χ3v) is 5.07. The lowest BCUT2D eigenvalue weighted by Gasteiger charge is -2.06. The van der Waals surface area contributed by atoms with Crippen molar-refractivity contribution in [1.29, 1.82) is 0 Å². The number of amides is 1. The maximum Gasteiger partial charge on any atom is 0.261 e. The average molecular weight is 364 g/mol. The first-order valence-electron chi connectivity index (χ1n) is 8.06. The van der Waals surface area contributed by atoms with Gasteiger partial charge in [-0.25, -0.2) is 4.68 Å². The fraction of sp³-hybridized carbons (Fsp3) is 0.105. The van der Waals surface area contributed by atoms with Gasteiger partial charge in [0.05, 0.1) is 24.7 Å². The van der Waals surface area contributed by atoms with E-state index < -0.39 is 0 Å². The Balaban J connectivity index is 1.47. The van der Waals surface area contributed by atoms with E-state index in [4.69, 9.17) is 4.74 Å². The highest BCUT2D eigenvalue weighted by Gasteiger charge is 2.12. The van der Waals surface area contributed by atoms with Crippen molar-refractivity contribution in [2.75, 3.05) is 7.11 Å². The van der Waals surface area contributed by atoms with Gasteiger partial charge in [-0.15, -0.1) is 16.4 Å². The molecule has 0 aliphatic heterocycles. The standard InChI is InChI=1S/C19H16N4O2S/c1-25-16-8-4-3-7-15(16)23-12-14(21-22-23)11-20-19(24)18-10-13-6-2-5-9-17(13)26-18/h2-10,12H,11H2,1H3,(H,20,24). The summed E-state index contributed by atoms with van der Waals surface area (Å²) in [6.07, 6.45) is 1.78. The molecule has 0 radical (unpaired) electrons. The quantitative estimate of drug-likeness (QED) is 0.589. The molecule has 6 nitrogen and oxygen atoms in total. The first-order chi connectivity index (χ1) is 12.7. The number of nitrogens with one attached hydrogen (secondary N) is 1. The van der Waals surface area contributed by atoms with Gasteiger partial charge in [0.25, 0.3) is 5.91 Å². The van der Waals surface area contributed by atoms with Crippen molar-refractivity contribution in [1.82, 2.24) is 20.3 Å². The number of benzene rings is 2. The van der Waals surface area contributed by atoms with E-state index in [1.807, 2.05) is 54.6 Å². The highest BCUT2D eigenvalue weighted by atomic mass is 32.1. The first kappa shape index (κ1) is 16.3. The molecule has 1 amide bonds. The summed E-state index contributed by atoms with van der Waals surface area (Å²) in [7, 11) is 1.61. The van der Waals surface area contributed by atoms with Crippen molar-refractivity contribution < 1.29 is 9.53 Å². The molecule has 0 atom stereocenters. The van der Waals surface area contributed by atoms with Crippen LogP contribution in [0.15, 0.2) is 60.8 Å². The van der Waals surface area contributed by atoms with Crippen LogP contribution in [0.25, 0.3) is 15.8 Å². The van der Waals surface area contributed by atoms with Gasteiger partial charge in [0.2, 0.25) is 0 Å². The zero-order valence-corrected chi connectivity index (χ0v) is 14.9. The summed E-state index contributed by atoms with van der Waals surface area (Å²) in [5.74, 6) is 0.594. The highest BCUT2D eigenvalue weighted by molar-refractivity contribution is 7.20. The number of nitrogens with zero attached hydrogens (tertiary/aromatic N) is 3. The van der Waals surface area contributed by atoms with Crippen LogP contribution in [0.4, 0.5) is 0 Å². The minimum Gasteiger partial charge on any atom is -0.494 e. The summed E-state index contributed by atoms with van der Waals surface area (Å²) in [6.45, 7) is 0.308. The average Bonchev–Trinajstić information content (AvgIpc) is 3.33. The van der Waals surface area contributed by atoms with Crippen LogP contribution in [0.2, 0.25) is 0 Å². The van der Waals surface area contributed by atoms with Gasteiger partial charge in [-0.1, -0.05) is 35.5 Å². The Morgan fingerprint density at radius 2 is 2.00 bits per heavy atom. The molecule has 0 aliphatic carbocycles. The first-order valence-corrected chi connectivity index (χ1v) is 8.87. The SMILES string of the molecule is COc1ccccc1-n1cc(CNC(=O)c2cc3ccccc3s2)nn1. The van der Waals surface area contributed by atoms with Crippen LogP contribution in [-0.2, 0) is 6.54 Å². The van der Waals surface area contributed by atoms with Gasteiger partial charge in [0, 0.05) is 4.70 Å². The predicted octanol–water partition coefficient (Wildman–Crippen LogP) is 3.42. The molecule has 130 valence electrons. The van der Waals surface area contributed by atoms with Crippen LogP contribution < -0.4 is 10.1 Å². The number of para-hydroxylation sites is 2. The zero-order chi connectivity index (χ0) is 17.9. The Bertz CT molecular complexity index is 1040. The fourth-order valence-corrected chi connectivity index (χ4v) is 3.65. The lowest BCUT2D eigenvalue weighted by Crippen LogP contribution is -2.21. The number of rotatable bonds is 5. The van der Waals surface area contributed by atoms with Crippen LogP contribution in [0.1, 0.15) is 15.4 Å². The van der Waals surface area contributed by atoms with Crippen LogP contribution in [0, 0.1) is 0 Å². The molecule has 4 aromatic rings. The van der Waals surface area contributed by atoms with Crippen LogP contribution in [-0.4, -0.2) is 28.0 Å². The molecule has 4 rings (SSSR count). The van der Waals surface area contributed by atoms with Crippen LogP contribution >= 0.6 is 11.3 Å². The topological polar surface area (TPSA) is 69.0 Å². The Hall–Kier alpha value is -3.19. The summed E-state index contributed by atoms with van der Waals surface area (Å²) in [5, 5.41) is 12.2. The zero-order valence-electron chi connectivity index (χ0n) is 14.0. The predicted molar refractivity (Wildman–Crippen MR) is 101 cm³/mol. The fourth-order valence-electron chi connectivity index (χ4n) is 2.67. The van der Waals surface area contributed by atoms with E-state index >= 15 is 0 Å². The number of hydrogen-bond donors (Lipinski definition) is 1. The van der Waals surface area contributed by atoms with Crippen molar-refractivity contribution in [2.24, 2.45) is 0 Å². The van der Waals surface area contributed by atoms with Crippen LogP contribution in [0.5, 0.6) is 5.75 Å². The van der Waals surface area contributed by atoms with E-state index in [2.05, 4.69) is 15.6 Å². The molecule has 0 bridgehead atoms. The molecule has 0 unspecified atom stereocenters. The van der Waals surface area contributed by atoms with E-state index in [-0.39, 0.29) is 5.91 Å². The summed E-state index contributed by atoms with van der Waals surface area (Å²) < 4.78 is 8.07. The highest BCUT2D eigenvalue weighted by Crippen LogP contribution is 2.25. The van der Waals surface area contributed by atoms with E-state index in [0.717, 1.165) is 15.8 Å². The second-order valence-electron chi connectivity index (χ2n) is 5.66. The minimum absolute atomic E-state index is 0.113. The van der Waals surface area contributed by atoms with Crippen molar-refractivity contribution in [3.63, 3.8) is 0 Å². The Kier molecular flexibility index (Phi) is 4.37. The number of aromatic nitrogens is 3. The summed E-state index contributed by atoms with van der Waals surface area (Å²) >= 11 is 1.48. The van der Waals surface area contributed by atoms with Gasteiger partial charge in [-0.2, -0.15) is 0 Å². The number of thiophene rings is 1. The molecule has 2 heterocycles. The number of carbonyl (C=O) groups excluding carboxylic acids is 1. The largest absolute Gasteiger partial charge is 0.494 e. The normalized spacial score (nSPS) is 10.8. The molecule has 2 aromatic heterocycles. The number of hydrogen-bond acceptors (Lipinski definition) is 5. The molecule has 0 spiro atoms. The molecular formula is C19H16N4O2S. The number of carbonyl (C=O) groups is 1. The number of ether oxygens (including phenoxy) is 1. The van der Waals surface area contributed by atoms with Gasteiger partial charge in [0.1, 0.15) is 17.1 Å². The second kappa shape index (κ2) is 6.97. The maximum atomic E-state index is 12.4. The van der Waals surface area contributed by atoms with Crippen molar-refractivity contribution in [2.45, 2.75) is 6.54 Å². The van der Waals surface area contributed by atoms with Gasteiger partial charge >= 0.3 is 0 Å². The van der Waals surface area contributed by atoms with Crippen molar-refractivity contribution in [3.05, 3.63) is 71.4 Å². The third-order valence-electron chi connectivity index (χ3n) is 3.95. The van der Waals surface area contributed by atoms with Gasteiger partial charge in [0.15, 0.2) is 0 Å². The number of methoxy groups -OCH3 is 1. The molecule has 7 heteroatoms. The van der Waals surface area contributed by atoms with Gasteiger partial charge in [-0.05, 0) is 29.7 Å². The third kappa shape index (κ3) is 3.16. The van der Waals surface area contributed by atoms with E-state index in [1.54, 1.807) is 18.0 Å². The minimum atomic E-state index is -0.113. The Morgan fingerprint density at radius 3 is 2.85 bits per heavy atom.